The van der Waals surface area contributed by atoms with E-state index in [9.17, 15) is 19.0 Å². The number of phosphoric acid groups is 1. The highest BCUT2D eigenvalue weighted by Gasteiger charge is 2.20. The van der Waals surface area contributed by atoms with E-state index in [1.54, 1.807) is 0 Å². The van der Waals surface area contributed by atoms with Crippen LogP contribution < -0.4 is 4.89 Å². The van der Waals surface area contributed by atoms with E-state index in [0.29, 0.717) is 11.0 Å². The minimum Gasteiger partial charge on any atom is -0.756 e. The Morgan fingerprint density at radius 1 is 1.00 bits per heavy atom. The van der Waals surface area contributed by atoms with Crippen LogP contribution in [0.2, 0.25) is 0 Å². The average Bonchev–Trinajstić information content (AvgIpc) is 2.58. The molecule has 0 heterocycles. The maximum Gasteiger partial charge on any atom is 0.305 e. The van der Waals surface area contributed by atoms with Crippen LogP contribution in [0.1, 0.15) is 58.8 Å². The molecule has 0 aromatic rings. The zero-order valence-electron chi connectivity index (χ0n) is 18.5. The summed E-state index contributed by atoms with van der Waals surface area (Å²) in [6, 6.07) is 0. The number of nitrogens with zero attached hydrogens (tertiary/aromatic N) is 1. The summed E-state index contributed by atoms with van der Waals surface area (Å²) in [5, 5.41) is 0. The Morgan fingerprint density at radius 3 is 2.21 bits per heavy atom. The molecule has 0 N–H and O–H groups in total. The number of unbranched alkanes of at least 4 members (excludes halogenated alkanes) is 5. The summed E-state index contributed by atoms with van der Waals surface area (Å²) in [6.07, 6.45) is 5.53. The molecule has 0 aromatic carbocycles. The van der Waals surface area contributed by atoms with Gasteiger partial charge >= 0.3 is 11.9 Å². The summed E-state index contributed by atoms with van der Waals surface area (Å²) >= 11 is 0. The number of hydrogen-bond acceptors (Lipinski definition) is 8. The van der Waals surface area contributed by atoms with E-state index in [2.05, 4.69) is 6.92 Å². The van der Waals surface area contributed by atoms with Gasteiger partial charge in [-0.05, 0) is 6.42 Å². The zero-order valence-corrected chi connectivity index (χ0v) is 19.4. The largest absolute Gasteiger partial charge is 0.756 e. The molecule has 0 fully saturated rings. The Morgan fingerprint density at radius 2 is 1.62 bits per heavy atom. The van der Waals surface area contributed by atoms with Crippen molar-refractivity contribution in [1.82, 2.24) is 0 Å². The molecule has 29 heavy (non-hydrogen) atoms. The fraction of sp³-hybridized carbons (Fsp3) is 0.895. The van der Waals surface area contributed by atoms with Gasteiger partial charge in [0.15, 0.2) is 6.10 Å². The molecule has 0 bridgehead atoms. The normalized spacial score (nSPS) is 14.8. The average molecular weight is 439 g/mol. The van der Waals surface area contributed by atoms with Crippen molar-refractivity contribution in [1.29, 1.82) is 0 Å². The lowest BCUT2D eigenvalue weighted by Gasteiger charge is -2.28. The number of carbonyl (C=O) groups is 2. The summed E-state index contributed by atoms with van der Waals surface area (Å²) in [4.78, 5) is 34.8. The number of carbonyl (C=O) groups excluding carboxylic acids is 2. The standard InChI is InChI=1S/C19H38NO8P/c1-6-7-8-9-10-11-12-19(22)25-15-18(28-17(2)21)16-27-29(23,24)26-14-13-20(3,4)5/h18H,6-16H2,1-5H3. The van der Waals surface area contributed by atoms with Crippen molar-refractivity contribution in [3.05, 3.63) is 0 Å². The van der Waals surface area contributed by atoms with Gasteiger partial charge in [-0.2, -0.15) is 0 Å². The molecule has 172 valence electrons. The number of esters is 2. The highest BCUT2D eigenvalue weighted by Crippen LogP contribution is 2.38. The third-order valence-corrected chi connectivity index (χ3v) is 4.89. The van der Waals surface area contributed by atoms with Crippen LogP contribution in [-0.2, 0) is 32.7 Å². The summed E-state index contributed by atoms with van der Waals surface area (Å²) in [7, 11) is 1.15. The molecule has 2 unspecified atom stereocenters. The second-order valence-electron chi connectivity index (χ2n) is 8.02. The first kappa shape index (κ1) is 28.0. The van der Waals surface area contributed by atoms with Crippen molar-refractivity contribution < 1.29 is 42.1 Å². The van der Waals surface area contributed by atoms with Crippen molar-refractivity contribution in [3.63, 3.8) is 0 Å². The third-order valence-electron chi connectivity index (χ3n) is 3.93. The lowest BCUT2D eigenvalue weighted by atomic mass is 10.1. The Balaban J connectivity index is 4.26. The second-order valence-corrected chi connectivity index (χ2v) is 9.43. The summed E-state index contributed by atoms with van der Waals surface area (Å²) in [5.41, 5.74) is 0. The first-order valence-electron chi connectivity index (χ1n) is 10.2. The Hall–Kier alpha value is -0.990. The highest BCUT2D eigenvalue weighted by atomic mass is 31.2. The van der Waals surface area contributed by atoms with Crippen molar-refractivity contribution >= 4 is 19.8 Å². The summed E-state index contributed by atoms with van der Waals surface area (Å²) in [6.45, 7) is 3.01. The Labute approximate surface area is 174 Å². The molecule has 0 aliphatic heterocycles. The van der Waals surface area contributed by atoms with Gasteiger partial charge in [0.2, 0.25) is 0 Å². The van der Waals surface area contributed by atoms with Crippen molar-refractivity contribution in [3.8, 4) is 0 Å². The summed E-state index contributed by atoms with van der Waals surface area (Å²) in [5.74, 6) is -1.04. The molecule has 0 rings (SSSR count). The van der Waals surface area contributed by atoms with Gasteiger partial charge in [0, 0.05) is 13.3 Å². The molecular formula is C19H38NO8P. The van der Waals surface area contributed by atoms with Crippen molar-refractivity contribution in [2.75, 3.05) is 47.5 Å². The van der Waals surface area contributed by atoms with E-state index >= 15 is 0 Å². The molecule has 0 radical (unpaired) electrons. The number of ether oxygens (including phenoxy) is 2. The van der Waals surface area contributed by atoms with Crippen LogP contribution in [0.3, 0.4) is 0 Å². The Bertz CT molecular complexity index is 521. The van der Waals surface area contributed by atoms with E-state index in [0.717, 1.165) is 25.7 Å². The maximum absolute atomic E-state index is 11.8. The van der Waals surface area contributed by atoms with Crippen molar-refractivity contribution in [2.45, 2.75) is 64.9 Å². The molecule has 2 atom stereocenters. The second kappa shape index (κ2) is 14.9. The van der Waals surface area contributed by atoms with Crippen LogP contribution in [0.15, 0.2) is 0 Å². The van der Waals surface area contributed by atoms with Gasteiger partial charge in [0.25, 0.3) is 7.82 Å². The van der Waals surface area contributed by atoms with Gasteiger partial charge in [-0.25, -0.2) is 0 Å². The van der Waals surface area contributed by atoms with Gasteiger partial charge in [0.05, 0.1) is 27.7 Å². The molecule has 0 aromatic heterocycles. The van der Waals surface area contributed by atoms with Crippen LogP contribution >= 0.6 is 7.82 Å². The first-order chi connectivity index (χ1) is 13.4. The molecule has 0 amide bonds. The van der Waals surface area contributed by atoms with E-state index in [1.165, 1.54) is 19.8 Å². The van der Waals surface area contributed by atoms with Crippen LogP contribution in [0.25, 0.3) is 0 Å². The monoisotopic (exact) mass is 439 g/mol. The third kappa shape index (κ3) is 18.8. The molecule has 0 aliphatic rings. The number of hydrogen-bond donors (Lipinski definition) is 0. The molecule has 0 aliphatic carbocycles. The van der Waals surface area contributed by atoms with E-state index in [4.69, 9.17) is 18.5 Å². The van der Waals surface area contributed by atoms with Crippen LogP contribution in [0.4, 0.5) is 0 Å². The number of quaternary nitrogens is 1. The van der Waals surface area contributed by atoms with Crippen LogP contribution in [0, 0.1) is 0 Å². The smallest absolute Gasteiger partial charge is 0.305 e. The molecular weight excluding hydrogens is 401 g/mol. The van der Waals surface area contributed by atoms with E-state index in [1.807, 2.05) is 21.1 Å². The molecule has 0 saturated carbocycles. The van der Waals surface area contributed by atoms with E-state index < -0.39 is 32.5 Å². The molecule has 9 nitrogen and oxygen atoms in total. The minimum absolute atomic E-state index is 0.0320. The zero-order chi connectivity index (χ0) is 22.3. The quantitative estimate of drug-likeness (QED) is 0.147. The SMILES string of the molecule is CCCCCCCCC(=O)OCC(COP(=O)([O-])OCC[N+](C)(C)C)OC(C)=O. The van der Waals surface area contributed by atoms with E-state index in [-0.39, 0.29) is 19.6 Å². The fourth-order valence-corrected chi connectivity index (χ4v) is 3.03. The van der Waals surface area contributed by atoms with Gasteiger partial charge in [-0.15, -0.1) is 0 Å². The fourth-order valence-electron chi connectivity index (χ4n) is 2.30. The molecule has 10 heteroatoms. The number of likely N-dealkylation sites (N-methyl/N-ethyl adjacent to an activating group) is 1. The predicted octanol–water partition coefficient (Wildman–Crippen LogP) is 2.42. The van der Waals surface area contributed by atoms with Gasteiger partial charge in [-0.3, -0.25) is 14.2 Å². The van der Waals surface area contributed by atoms with Gasteiger partial charge in [0.1, 0.15) is 19.8 Å². The Kier molecular flexibility index (Phi) is 14.4. The lowest BCUT2D eigenvalue weighted by Crippen LogP contribution is -2.37. The topological polar surface area (TPSA) is 111 Å². The molecule has 0 saturated heterocycles. The predicted molar refractivity (Wildman–Crippen MR) is 107 cm³/mol. The minimum atomic E-state index is -4.55. The maximum atomic E-state index is 11.8. The summed E-state index contributed by atoms with van der Waals surface area (Å²) < 4.78 is 32.0. The van der Waals surface area contributed by atoms with Crippen molar-refractivity contribution in [2.24, 2.45) is 0 Å². The van der Waals surface area contributed by atoms with Gasteiger partial charge in [-0.1, -0.05) is 39.0 Å². The highest BCUT2D eigenvalue weighted by molar-refractivity contribution is 7.45. The number of phosphoric ester groups is 1. The van der Waals surface area contributed by atoms with Crippen LogP contribution in [0.5, 0.6) is 0 Å². The molecule has 0 spiro atoms. The lowest BCUT2D eigenvalue weighted by molar-refractivity contribution is -0.870. The van der Waals surface area contributed by atoms with Crippen LogP contribution in [-0.4, -0.2) is 70.0 Å². The number of rotatable bonds is 17. The first-order valence-corrected chi connectivity index (χ1v) is 11.6. The van der Waals surface area contributed by atoms with Gasteiger partial charge < -0.3 is 27.9 Å².